The maximum Gasteiger partial charge on any atom is 0.161 e. The van der Waals surface area contributed by atoms with Crippen molar-refractivity contribution in [2.45, 2.75) is 13.0 Å². The number of pyridine rings is 1. The van der Waals surface area contributed by atoms with Gasteiger partial charge >= 0.3 is 0 Å². The molecule has 0 bridgehead atoms. The monoisotopic (exact) mass is 325 g/mol. The minimum absolute atomic E-state index is 0.101. The molecule has 1 atom stereocenters. The Labute approximate surface area is 142 Å². The summed E-state index contributed by atoms with van der Waals surface area (Å²) in [5, 5.41) is 0. The minimum Gasteiger partial charge on any atom is -0.486 e. The lowest BCUT2D eigenvalue weighted by atomic mass is 10.2. The molecule has 2 aliphatic rings. The molecule has 5 nitrogen and oxygen atoms in total. The topological polar surface area (TPSA) is 37.8 Å². The van der Waals surface area contributed by atoms with Crippen molar-refractivity contribution >= 4 is 5.82 Å². The molecule has 0 aliphatic carbocycles. The Morgan fingerprint density at radius 2 is 1.79 bits per heavy atom. The summed E-state index contributed by atoms with van der Waals surface area (Å²) in [5.74, 6) is 2.79. The number of aromatic nitrogens is 1. The van der Waals surface area contributed by atoms with Crippen molar-refractivity contribution in [3.63, 3.8) is 0 Å². The lowest BCUT2D eigenvalue weighted by Crippen LogP contribution is -2.50. The second-order valence-electron chi connectivity index (χ2n) is 6.42. The normalized spacial score (nSPS) is 20.9. The standard InChI is InChI=1S/C19H23N3O2/c1-15-5-4-8-19(20-15)22-11-9-21(10-12-22)13-16-14-23-17-6-2-3-7-18(17)24-16/h2-8,16H,9-14H2,1H3/t16-/m0/s1. The van der Waals surface area contributed by atoms with Crippen LogP contribution in [0.25, 0.3) is 0 Å². The van der Waals surface area contributed by atoms with E-state index in [4.69, 9.17) is 9.47 Å². The highest BCUT2D eigenvalue weighted by molar-refractivity contribution is 5.41. The van der Waals surface area contributed by atoms with Crippen molar-refractivity contribution in [3.05, 3.63) is 48.2 Å². The summed E-state index contributed by atoms with van der Waals surface area (Å²) in [5.41, 5.74) is 1.07. The van der Waals surface area contributed by atoms with E-state index in [1.807, 2.05) is 37.3 Å². The van der Waals surface area contributed by atoms with Crippen LogP contribution in [0.5, 0.6) is 11.5 Å². The first-order valence-electron chi connectivity index (χ1n) is 8.57. The number of benzene rings is 1. The van der Waals surface area contributed by atoms with Crippen LogP contribution >= 0.6 is 0 Å². The van der Waals surface area contributed by atoms with E-state index in [2.05, 4.69) is 26.9 Å². The van der Waals surface area contributed by atoms with Crippen LogP contribution in [-0.2, 0) is 0 Å². The fourth-order valence-corrected chi connectivity index (χ4v) is 3.31. The molecule has 2 aliphatic heterocycles. The average molecular weight is 325 g/mol. The molecular weight excluding hydrogens is 302 g/mol. The summed E-state index contributed by atoms with van der Waals surface area (Å²) in [6, 6.07) is 14.1. The SMILES string of the molecule is Cc1cccc(N2CCN(C[C@H]3COc4ccccc4O3)CC2)n1. The summed E-state index contributed by atoms with van der Waals surface area (Å²) in [6.07, 6.45) is 0.101. The molecule has 0 amide bonds. The number of ether oxygens (including phenoxy) is 2. The molecule has 0 radical (unpaired) electrons. The minimum atomic E-state index is 0.101. The van der Waals surface area contributed by atoms with E-state index in [0.29, 0.717) is 6.61 Å². The van der Waals surface area contributed by atoms with Crippen molar-refractivity contribution in [1.29, 1.82) is 0 Å². The summed E-state index contributed by atoms with van der Waals surface area (Å²) < 4.78 is 11.9. The van der Waals surface area contributed by atoms with E-state index in [0.717, 1.165) is 55.7 Å². The number of anilines is 1. The highest BCUT2D eigenvalue weighted by Gasteiger charge is 2.25. The van der Waals surface area contributed by atoms with Crippen LogP contribution in [0.1, 0.15) is 5.69 Å². The van der Waals surface area contributed by atoms with Gasteiger partial charge in [-0.15, -0.1) is 0 Å². The zero-order valence-electron chi connectivity index (χ0n) is 14.0. The number of nitrogens with zero attached hydrogens (tertiary/aromatic N) is 3. The van der Waals surface area contributed by atoms with Crippen molar-refractivity contribution in [1.82, 2.24) is 9.88 Å². The molecule has 1 aromatic carbocycles. The Balaban J connectivity index is 1.31. The number of aryl methyl sites for hydroxylation is 1. The molecule has 3 heterocycles. The zero-order chi connectivity index (χ0) is 16.4. The Hall–Kier alpha value is -2.27. The molecular formula is C19H23N3O2. The van der Waals surface area contributed by atoms with E-state index >= 15 is 0 Å². The summed E-state index contributed by atoms with van der Waals surface area (Å²) in [7, 11) is 0. The van der Waals surface area contributed by atoms with Crippen molar-refractivity contribution < 1.29 is 9.47 Å². The molecule has 5 heteroatoms. The van der Waals surface area contributed by atoms with Gasteiger partial charge in [-0.2, -0.15) is 0 Å². The molecule has 0 N–H and O–H groups in total. The maximum absolute atomic E-state index is 6.07. The number of fused-ring (bicyclic) bond motifs is 1. The van der Waals surface area contributed by atoms with Crippen LogP contribution in [0.15, 0.2) is 42.5 Å². The molecule has 1 fully saturated rings. The molecule has 1 saturated heterocycles. The second-order valence-corrected chi connectivity index (χ2v) is 6.42. The Morgan fingerprint density at radius 1 is 1.00 bits per heavy atom. The highest BCUT2D eigenvalue weighted by Crippen LogP contribution is 2.31. The zero-order valence-corrected chi connectivity index (χ0v) is 14.0. The lowest BCUT2D eigenvalue weighted by molar-refractivity contribution is 0.0571. The van der Waals surface area contributed by atoms with E-state index in [9.17, 15) is 0 Å². The van der Waals surface area contributed by atoms with Gasteiger partial charge in [-0.3, -0.25) is 4.90 Å². The summed E-state index contributed by atoms with van der Waals surface area (Å²) >= 11 is 0. The number of rotatable bonds is 3. The summed E-state index contributed by atoms with van der Waals surface area (Å²) in [6.45, 7) is 7.62. The Kier molecular flexibility index (Phi) is 4.26. The predicted molar refractivity (Wildman–Crippen MR) is 94.0 cm³/mol. The molecule has 0 saturated carbocycles. The van der Waals surface area contributed by atoms with Crippen LogP contribution in [-0.4, -0.2) is 55.3 Å². The first-order chi connectivity index (χ1) is 11.8. The molecule has 24 heavy (non-hydrogen) atoms. The van der Waals surface area contributed by atoms with Gasteiger partial charge in [0.15, 0.2) is 11.5 Å². The smallest absolute Gasteiger partial charge is 0.161 e. The summed E-state index contributed by atoms with van der Waals surface area (Å²) in [4.78, 5) is 9.44. The van der Waals surface area contributed by atoms with Crippen LogP contribution < -0.4 is 14.4 Å². The Morgan fingerprint density at radius 3 is 2.58 bits per heavy atom. The maximum atomic E-state index is 6.07. The van der Waals surface area contributed by atoms with Gasteiger partial charge in [0.05, 0.1) is 0 Å². The molecule has 126 valence electrons. The van der Waals surface area contributed by atoms with Gasteiger partial charge in [-0.05, 0) is 31.2 Å². The first kappa shape index (κ1) is 15.3. The van der Waals surface area contributed by atoms with Crippen LogP contribution in [0.2, 0.25) is 0 Å². The van der Waals surface area contributed by atoms with Gasteiger partial charge in [0.2, 0.25) is 0 Å². The van der Waals surface area contributed by atoms with Gasteiger partial charge in [-0.25, -0.2) is 4.98 Å². The van der Waals surface area contributed by atoms with Crippen LogP contribution in [0.4, 0.5) is 5.82 Å². The van der Waals surface area contributed by atoms with E-state index in [1.54, 1.807) is 0 Å². The van der Waals surface area contributed by atoms with Gasteiger partial charge in [0.1, 0.15) is 18.5 Å². The molecule has 0 unspecified atom stereocenters. The molecule has 4 rings (SSSR count). The van der Waals surface area contributed by atoms with E-state index in [-0.39, 0.29) is 6.10 Å². The van der Waals surface area contributed by atoms with Crippen molar-refractivity contribution in [2.75, 3.05) is 44.2 Å². The predicted octanol–water partition coefficient (Wildman–Crippen LogP) is 2.35. The molecule has 1 aromatic heterocycles. The number of para-hydroxylation sites is 2. The fourth-order valence-electron chi connectivity index (χ4n) is 3.31. The lowest BCUT2D eigenvalue weighted by Gasteiger charge is -2.37. The van der Waals surface area contributed by atoms with Gasteiger partial charge < -0.3 is 14.4 Å². The largest absolute Gasteiger partial charge is 0.486 e. The van der Waals surface area contributed by atoms with E-state index < -0.39 is 0 Å². The van der Waals surface area contributed by atoms with Gasteiger partial charge in [-0.1, -0.05) is 18.2 Å². The average Bonchev–Trinajstić information content (AvgIpc) is 2.62. The molecule has 0 spiro atoms. The number of hydrogen-bond donors (Lipinski definition) is 0. The first-order valence-corrected chi connectivity index (χ1v) is 8.57. The highest BCUT2D eigenvalue weighted by atomic mass is 16.6. The van der Waals surface area contributed by atoms with Crippen molar-refractivity contribution in [2.24, 2.45) is 0 Å². The van der Waals surface area contributed by atoms with E-state index in [1.165, 1.54) is 0 Å². The number of piperazine rings is 1. The van der Waals surface area contributed by atoms with Crippen LogP contribution in [0, 0.1) is 6.92 Å². The third kappa shape index (κ3) is 3.31. The second kappa shape index (κ2) is 6.69. The fraction of sp³-hybridized carbons (Fsp3) is 0.421. The van der Waals surface area contributed by atoms with Gasteiger partial charge in [0, 0.05) is 38.4 Å². The third-order valence-electron chi connectivity index (χ3n) is 4.60. The Bertz CT molecular complexity index is 699. The third-order valence-corrected chi connectivity index (χ3v) is 4.60. The van der Waals surface area contributed by atoms with Crippen LogP contribution in [0.3, 0.4) is 0 Å². The van der Waals surface area contributed by atoms with Crippen molar-refractivity contribution in [3.8, 4) is 11.5 Å². The quantitative estimate of drug-likeness (QED) is 0.866. The van der Waals surface area contributed by atoms with Gasteiger partial charge in [0.25, 0.3) is 0 Å². The molecule has 2 aromatic rings. The number of hydrogen-bond acceptors (Lipinski definition) is 5.